The predicted octanol–water partition coefficient (Wildman–Crippen LogP) is 1.66. The van der Waals surface area contributed by atoms with Crippen LogP contribution in [0.5, 0.6) is 0 Å². The summed E-state index contributed by atoms with van der Waals surface area (Å²) in [4.78, 5) is 4.50. The molecule has 0 bridgehead atoms. The van der Waals surface area contributed by atoms with E-state index in [1.165, 1.54) is 0 Å². The molecule has 0 aliphatic carbocycles. The van der Waals surface area contributed by atoms with Gasteiger partial charge < -0.3 is 15.2 Å². The lowest BCUT2D eigenvalue weighted by Gasteiger charge is -2.21. The molecule has 0 radical (unpaired) electrons. The molecular formula is C13H18N2O2S. The van der Waals surface area contributed by atoms with Gasteiger partial charge in [-0.3, -0.25) is 4.98 Å². The fourth-order valence-electron chi connectivity index (χ4n) is 2.03. The molecule has 18 heavy (non-hydrogen) atoms. The number of aromatic nitrogens is 1. The van der Waals surface area contributed by atoms with E-state index < -0.39 is 0 Å². The Morgan fingerprint density at radius 2 is 2.28 bits per heavy atom. The van der Waals surface area contributed by atoms with Crippen molar-refractivity contribution in [2.45, 2.75) is 19.4 Å². The summed E-state index contributed by atoms with van der Waals surface area (Å²) in [5.74, 6) is 0.601. The second kappa shape index (κ2) is 6.78. The van der Waals surface area contributed by atoms with Crippen LogP contribution in [0.2, 0.25) is 0 Å². The molecule has 1 fully saturated rings. The average molecular weight is 266 g/mol. The number of ether oxygens (including phenoxy) is 2. The molecule has 1 aromatic rings. The summed E-state index contributed by atoms with van der Waals surface area (Å²) in [6.07, 6.45) is 3.85. The van der Waals surface area contributed by atoms with E-state index in [2.05, 4.69) is 4.98 Å². The lowest BCUT2D eigenvalue weighted by atomic mass is 10.0. The zero-order chi connectivity index (χ0) is 12.8. The van der Waals surface area contributed by atoms with Crippen LogP contribution < -0.4 is 5.73 Å². The Kier molecular flexibility index (Phi) is 5.04. The quantitative estimate of drug-likeness (QED) is 0.821. The van der Waals surface area contributed by atoms with Gasteiger partial charge in [-0.1, -0.05) is 18.3 Å². The highest BCUT2D eigenvalue weighted by Gasteiger charge is 2.14. The molecular weight excluding hydrogens is 248 g/mol. The second-order valence-corrected chi connectivity index (χ2v) is 4.89. The summed E-state index contributed by atoms with van der Waals surface area (Å²) in [6.45, 7) is 2.96. The molecule has 1 aromatic heterocycles. The van der Waals surface area contributed by atoms with E-state index in [1.807, 2.05) is 12.1 Å². The van der Waals surface area contributed by atoms with E-state index in [-0.39, 0.29) is 0 Å². The van der Waals surface area contributed by atoms with Crippen molar-refractivity contribution < 1.29 is 9.47 Å². The van der Waals surface area contributed by atoms with Crippen LogP contribution >= 0.6 is 12.2 Å². The first-order chi connectivity index (χ1) is 8.77. The third kappa shape index (κ3) is 3.73. The SMILES string of the molecule is NC(=S)c1ncccc1COCC1CCOCC1. The number of pyridine rings is 1. The van der Waals surface area contributed by atoms with E-state index in [0.29, 0.717) is 23.2 Å². The van der Waals surface area contributed by atoms with Crippen LogP contribution in [0.3, 0.4) is 0 Å². The third-order valence-electron chi connectivity index (χ3n) is 3.08. The van der Waals surface area contributed by atoms with Gasteiger partial charge in [-0.25, -0.2) is 0 Å². The molecule has 2 heterocycles. The molecule has 0 unspecified atom stereocenters. The summed E-state index contributed by atoms with van der Waals surface area (Å²) < 4.78 is 11.1. The molecule has 2 N–H and O–H groups in total. The van der Waals surface area contributed by atoms with Gasteiger partial charge in [-0.2, -0.15) is 0 Å². The molecule has 0 saturated carbocycles. The number of thiocarbonyl (C=S) groups is 1. The van der Waals surface area contributed by atoms with Gasteiger partial charge in [0, 0.05) is 25.0 Å². The van der Waals surface area contributed by atoms with Gasteiger partial charge >= 0.3 is 0 Å². The van der Waals surface area contributed by atoms with Crippen molar-refractivity contribution in [3.8, 4) is 0 Å². The highest BCUT2D eigenvalue weighted by atomic mass is 32.1. The van der Waals surface area contributed by atoms with Crippen molar-refractivity contribution >= 4 is 17.2 Å². The van der Waals surface area contributed by atoms with Crippen LogP contribution in [0.1, 0.15) is 24.1 Å². The van der Waals surface area contributed by atoms with Crippen molar-refractivity contribution in [1.29, 1.82) is 0 Å². The maximum absolute atomic E-state index is 5.74. The summed E-state index contributed by atoms with van der Waals surface area (Å²) in [5, 5.41) is 0. The molecule has 1 aliphatic rings. The Balaban J connectivity index is 1.84. The molecule has 2 rings (SSSR count). The largest absolute Gasteiger partial charge is 0.388 e. The van der Waals surface area contributed by atoms with Crippen LogP contribution in [0, 0.1) is 5.92 Å². The van der Waals surface area contributed by atoms with E-state index in [0.717, 1.165) is 38.2 Å². The lowest BCUT2D eigenvalue weighted by molar-refractivity contribution is 0.0156. The summed E-state index contributed by atoms with van der Waals surface area (Å²) in [5.41, 5.74) is 7.25. The number of hydrogen-bond donors (Lipinski definition) is 1. The van der Waals surface area contributed by atoms with Gasteiger partial charge in [0.05, 0.1) is 13.2 Å². The van der Waals surface area contributed by atoms with Crippen molar-refractivity contribution in [3.05, 3.63) is 29.6 Å². The molecule has 4 nitrogen and oxygen atoms in total. The van der Waals surface area contributed by atoms with Crippen LogP contribution in [-0.2, 0) is 16.1 Å². The third-order valence-corrected chi connectivity index (χ3v) is 3.27. The van der Waals surface area contributed by atoms with Gasteiger partial charge in [0.2, 0.25) is 0 Å². The number of nitrogens with zero attached hydrogens (tertiary/aromatic N) is 1. The van der Waals surface area contributed by atoms with Crippen LogP contribution in [-0.4, -0.2) is 29.8 Å². The number of nitrogens with two attached hydrogens (primary N) is 1. The number of hydrogen-bond acceptors (Lipinski definition) is 4. The van der Waals surface area contributed by atoms with Gasteiger partial charge in [-0.05, 0) is 24.8 Å². The first-order valence-corrected chi connectivity index (χ1v) is 6.57. The zero-order valence-electron chi connectivity index (χ0n) is 10.3. The van der Waals surface area contributed by atoms with Crippen molar-refractivity contribution in [1.82, 2.24) is 4.98 Å². The normalized spacial score (nSPS) is 16.7. The van der Waals surface area contributed by atoms with Gasteiger partial charge in [0.1, 0.15) is 10.7 Å². The highest BCUT2D eigenvalue weighted by molar-refractivity contribution is 7.80. The second-order valence-electron chi connectivity index (χ2n) is 4.45. The zero-order valence-corrected chi connectivity index (χ0v) is 11.1. The van der Waals surface area contributed by atoms with E-state index in [1.54, 1.807) is 6.20 Å². The molecule has 0 aromatic carbocycles. The maximum Gasteiger partial charge on any atom is 0.123 e. The molecule has 0 atom stereocenters. The maximum atomic E-state index is 5.74. The van der Waals surface area contributed by atoms with Crippen molar-refractivity contribution in [2.24, 2.45) is 11.7 Å². The minimum absolute atomic E-state index is 0.320. The number of rotatable bonds is 5. The van der Waals surface area contributed by atoms with Crippen LogP contribution in [0.25, 0.3) is 0 Å². The van der Waals surface area contributed by atoms with E-state index in [9.17, 15) is 0 Å². The minimum Gasteiger partial charge on any atom is -0.388 e. The molecule has 5 heteroatoms. The van der Waals surface area contributed by atoms with E-state index in [4.69, 9.17) is 27.4 Å². The topological polar surface area (TPSA) is 57.4 Å². The molecule has 98 valence electrons. The summed E-state index contributed by atoms with van der Waals surface area (Å²) >= 11 is 4.97. The Hall–Kier alpha value is -1.04. The molecule has 0 amide bonds. The monoisotopic (exact) mass is 266 g/mol. The molecule has 0 spiro atoms. The first-order valence-electron chi connectivity index (χ1n) is 6.16. The van der Waals surface area contributed by atoms with Crippen molar-refractivity contribution in [3.63, 3.8) is 0 Å². The standard InChI is InChI=1S/C13H18N2O2S/c14-13(18)12-11(2-1-5-15-12)9-17-8-10-3-6-16-7-4-10/h1-2,5,10H,3-4,6-9H2,(H2,14,18). The lowest BCUT2D eigenvalue weighted by Crippen LogP contribution is -2.20. The van der Waals surface area contributed by atoms with Crippen LogP contribution in [0.15, 0.2) is 18.3 Å². The van der Waals surface area contributed by atoms with E-state index >= 15 is 0 Å². The fraction of sp³-hybridized carbons (Fsp3) is 0.538. The van der Waals surface area contributed by atoms with Crippen molar-refractivity contribution in [2.75, 3.05) is 19.8 Å². The fourth-order valence-corrected chi connectivity index (χ4v) is 2.21. The van der Waals surface area contributed by atoms with Crippen LogP contribution in [0.4, 0.5) is 0 Å². The summed E-state index contributed by atoms with van der Waals surface area (Å²) in [6, 6.07) is 3.82. The average Bonchev–Trinajstić information content (AvgIpc) is 2.40. The highest BCUT2D eigenvalue weighted by Crippen LogP contribution is 2.16. The van der Waals surface area contributed by atoms with Gasteiger partial charge in [-0.15, -0.1) is 0 Å². The first kappa shape index (κ1) is 13.4. The molecule has 1 saturated heterocycles. The molecule has 1 aliphatic heterocycles. The summed E-state index contributed by atoms with van der Waals surface area (Å²) in [7, 11) is 0. The van der Waals surface area contributed by atoms with Gasteiger partial charge in [0.25, 0.3) is 0 Å². The Labute approximate surface area is 112 Å². The van der Waals surface area contributed by atoms with Gasteiger partial charge in [0.15, 0.2) is 0 Å². The Morgan fingerprint density at radius 3 is 3.00 bits per heavy atom. The smallest absolute Gasteiger partial charge is 0.123 e. The minimum atomic E-state index is 0.320. The predicted molar refractivity (Wildman–Crippen MR) is 73.3 cm³/mol. The Bertz CT molecular complexity index is 406. The Morgan fingerprint density at radius 1 is 1.50 bits per heavy atom.